The highest BCUT2D eigenvalue weighted by molar-refractivity contribution is 14.0. The summed E-state index contributed by atoms with van der Waals surface area (Å²) in [6.07, 6.45) is 0.673. The first kappa shape index (κ1) is 25.8. The molecule has 0 unspecified atom stereocenters. The Bertz CT molecular complexity index is 833. The van der Waals surface area contributed by atoms with E-state index in [0.29, 0.717) is 36.8 Å². The van der Waals surface area contributed by atoms with Crippen LogP contribution < -0.4 is 19.5 Å². The first-order valence-corrected chi connectivity index (χ1v) is 9.55. The highest BCUT2D eigenvalue weighted by Gasteiger charge is 2.15. The minimum absolute atomic E-state index is 0. The van der Waals surface area contributed by atoms with E-state index in [2.05, 4.69) is 5.32 Å². The Labute approximate surface area is 195 Å². The summed E-state index contributed by atoms with van der Waals surface area (Å²) < 4.78 is 29.8. The summed E-state index contributed by atoms with van der Waals surface area (Å²) in [5.74, 6) is 2.38. The monoisotopic (exact) mass is 531 g/mol. The number of methoxy groups -OCH3 is 3. The normalized spacial score (nSPS) is 10.8. The summed E-state index contributed by atoms with van der Waals surface area (Å²) in [4.78, 5) is 6.69. The molecule has 30 heavy (non-hydrogen) atoms. The SMILES string of the molecule is CCNC(=NCCc1ccc(OC)c(OC)c1OC)N(C)Cc1cccc(F)c1.I. The van der Waals surface area contributed by atoms with Crippen molar-refractivity contribution in [3.8, 4) is 17.2 Å². The van der Waals surface area contributed by atoms with Gasteiger partial charge in [-0.15, -0.1) is 24.0 Å². The molecule has 2 rings (SSSR count). The Morgan fingerprint density at radius 1 is 1.07 bits per heavy atom. The standard InChI is InChI=1S/C22H30FN3O3.HI/c1-6-24-22(26(2)15-16-8-7-9-18(23)14-16)25-13-12-17-10-11-19(27-3)21(29-5)20(17)28-4;/h7-11,14H,6,12-13,15H2,1-5H3,(H,24,25);1H. The van der Waals surface area contributed by atoms with Gasteiger partial charge in [-0.2, -0.15) is 0 Å². The molecule has 0 saturated carbocycles. The van der Waals surface area contributed by atoms with Crippen molar-refractivity contribution in [2.75, 3.05) is 41.5 Å². The van der Waals surface area contributed by atoms with Gasteiger partial charge in [0.1, 0.15) is 5.82 Å². The van der Waals surface area contributed by atoms with E-state index in [-0.39, 0.29) is 29.8 Å². The molecule has 0 heterocycles. The smallest absolute Gasteiger partial charge is 0.203 e. The molecule has 8 heteroatoms. The molecule has 0 bridgehead atoms. The van der Waals surface area contributed by atoms with Crippen LogP contribution in [0.1, 0.15) is 18.1 Å². The molecule has 0 aromatic heterocycles. The largest absolute Gasteiger partial charge is 0.493 e. The molecule has 166 valence electrons. The number of ether oxygens (including phenoxy) is 3. The third-order valence-corrected chi connectivity index (χ3v) is 4.43. The minimum atomic E-state index is -0.238. The average Bonchev–Trinajstić information content (AvgIpc) is 2.72. The number of nitrogens with zero attached hydrogens (tertiary/aromatic N) is 2. The first-order valence-electron chi connectivity index (χ1n) is 9.55. The van der Waals surface area contributed by atoms with Gasteiger partial charge >= 0.3 is 0 Å². The van der Waals surface area contributed by atoms with Crippen LogP contribution in [-0.2, 0) is 13.0 Å². The fourth-order valence-corrected chi connectivity index (χ4v) is 3.10. The van der Waals surface area contributed by atoms with Gasteiger partial charge in [0.05, 0.1) is 21.3 Å². The Balaban J connectivity index is 0.00000450. The molecule has 0 radical (unpaired) electrons. The average molecular weight is 531 g/mol. The van der Waals surface area contributed by atoms with Crippen LogP contribution in [0, 0.1) is 5.82 Å². The van der Waals surface area contributed by atoms with E-state index in [0.717, 1.165) is 23.6 Å². The van der Waals surface area contributed by atoms with Crippen LogP contribution in [0.5, 0.6) is 17.2 Å². The maximum atomic E-state index is 13.4. The fraction of sp³-hybridized carbons (Fsp3) is 0.409. The Kier molecular flexibility index (Phi) is 11.3. The predicted molar refractivity (Wildman–Crippen MR) is 129 cm³/mol. The van der Waals surface area contributed by atoms with E-state index in [1.54, 1.807) is 27.4 Å². The van der Waals surface area contributed by atoms with Gasteiger partial charge < -0.3 is 24.4 Å². The summed E-state index contributed by atoms with van der Waals surface area (Å²) in [7, 11) is 6.73. The lowest BCUT2D eigenvalue weighted by atomic mass is 10.1. The van der Waals surface area contributed by atoms with Crippen molar-refractivity contribution in [1.29, 1.82) is 0 Å². The van der Waals surface area contributed by atoms with Gasteiger partial charge in [-0.25, -0.2) is 4.39 Å². The van der Waals surface area contributed by atoms with E-state index in [9.17, 15) is 4.39 Å². The molecule has 2 aromatic rings. The lowest BCUT2D eigenvalue weighted by Gasteiger charge is -2.22. The first-order chi connectivity index (χ1) is 14.0. The highest BCUT2D eigenvalue weighted by Crippen LogP contribution is 2.39. The Morgan fingerprint density at radius 3 is 2.40 bits per heavy atom. The van der Waals surface area contributed by atoms with E-state index >= 15 is 0 Å². The van der Waals surface area contributed by atoms with Gasteiger partial charge in [-0.3, -0.25) is 4.99 Å². The summed E-state index contributed by atoms with van der Waals surface area (Å²) in [6, 6.07) is 10.4. The fourth-order valence-electron chi connectivity index (χ4n) is 3.10. The Hall–Kier alpha value is -2.23. The molecular formula is C22H31FIN3O3. The second-order valence-corrected chi connectivity index (χ2v) is 6.47. The van der Waals surface area contributed by atoms with Gasteiger partial charge in [0, 0.05) is 32.2 Å². The molecule has 0 aliphatic rings. The van der Waals surface area contributed by atoms with Crippen molar-refractivity contribution in [3.05, 3.63) is 53.3 Å². The molecule has 0 aliphatic carbocycles. The van der Waals surface area contributed by atoms with Gasteiger partial charge in [-0.1, -0.05) is 18.2 Å². The second kappa shape index (κ2) is 13.1. The molecule has 0 atom stereocenters. The molecule has 0 amide bonds. The van der Waals surface area contributed by atoms with Crippen molar-refractivity contribution in [1.82, 2.24) is 10.2 Å². The number of nitrogens with one attached hydrogen (secondary N) is 1. The van der Waals surface area contributed by atoms with Crippen LogP contribution in [0.15, 0.2) is 41.4 Å². The number of guanidine groups is 1. The quantitative estimate of drug-likeness (QED) is 0.300. The molecule has 6 nitrogen and oxygen atoms in total. The summed E-state index contributed by atoms with van der Waals surface area (Å²) in [6.45, 7) is 3.87. The summed E-state index contributed by atoms with van der Waals surface area (Å²) in [5, 5.41) is 3.28. The summed E-state index contributed by atoms with van der Waals surface area (Å²) >= 11 is 0. The van der Waals surface area contributed by atoms with Gasteiger partial charge in [-0.05, 0) is 37.1 Å². The Morgan fingerprint density at radius 2 is 1.80 bits per heavy atom. The topological polar surface area (TPSA) is 55.3 Å². The maximum absolute atomic E-state index is 13.4. The van der Waals surface area contributed by atoms with E-state index in [1.165, 1.54) is 12.1 Å². The van der Waals surface area contributed by atoms with E-state index in [1.807, 2.05) is 37.1 Å². The van der Waals surface area contributed by atoms with Crippen molar-refractivity contribution in [3.63, 3.8) is 0 Å². The number of hydrogen-bond acceptors (Lipinski definition) is 4. The number of benzene rings is 2. The van der Waals surface area contributed by atoms with Crippen LogP contribution in [0.3, 0.4) is 0 Å². The van der Waals surface area contributed by atoms with Crippen molar-refractivity contribution in [2.24, 2.45) is 4.99 Å². The number of aliphatic imine (C=N–C) groups is 1. The van der Waals surface area contributed by atoms with Crippen molar-refractivity contribution >= 4 is 29.9 Å². The summed E-state index contributed by atoms with van der Waals surface area (Å²) in [5.41, 5.74) is 1.87. The number of hydrogen-bond donors (Lipinski definition) is 1. The van der Waals surface area contributed by atoms with Crippen molar-refractivity contribution < 1.29 is 18.6 Å². The van der Waals surface area contributed by atoms with Crippen LogP contribution >= 0.6 is 24.0 Å². The van der Waals surface area contributed by atoms with E-state index < -0.39 is 0 Å². The lowest BCUT2D eigenvalue weighted by Crippen LogP contribution is -2.38. The molecule has 1 N–H and O–H groups in total. The van der Waals surface area contributed by atoms with Crippen LogP contribution in [-0.4, -0.2) is 52.3 Å². The van der Waals surface area contributed by atoms with Crippen molar-refractivity contribution in [2.45, 2.75) is 19.9 Å². The van der Waals surface area contributed by atoms with Gasteiger partial charge in [0.15, 0.2) is 17.5 Å². The molecule has 0 saturated heterocycles. The zero-order chi connectivity index (χ0) is 21.2. The zero-order valence-corrected chi connectivity index (χ0v) is 20.5. The molecule has 0 aliphatic heterocycles. The minimum Gasteiger partial charge on any atom is -0.493 e. The third kappa shape index (κ3) is 6.93. The third-order valence-electron chi connectivity index (χ3n) is 4.43. The van der Waals surface area contributed by atoms with E-state index in [4.69, 9.17) is 19.2 Å². The molecule has 2 aromatic carbocycles. The van der Waals surface area contributed by atoms with Crippen LogP contribution in [0.25, 0.3) is 0 Å². The predicted octanol–water partition coefficient (Wildman–Crippen LogP) is 4.11. The number of halogens is 2. The zero-order valence-electron chi connectivity index (χ0n) is 18.2. The number of rotatable bonds is 9. The lowest BCUT2D eigenvalue weighted by molar-refractivity contribution is 0.322. The van der Waals surface area contributed by atoms with Gasteiger partial charge in [0.2, 0.25) is 5.75 Å². The van der Waals surface area contributed by atoms with Crippen LogP contribution in [0.4, 0.5) is 4.39 Å². The second-order valence-electron chi connectivity index (χ2n) is 6.47. The molecule has 0 spiro atoms. The maximum Gasteiger partial charge on any atom is 0.203 e. The van der Waals surface area contributed by atoms with Gasteiger partial charge in [0.25, 0.3) is 0 Å². The van der Waals surface area contributed by atoms with Crippen LogP contribution in [0.2, 0.25) is 0 Å². The molecular weight excluding hydrogens is 500 g/mol. The molecule has 0 fully saturated rings. The highest BCUT2D eigenvalue weighted by atomic mass is 127.